The molecule has 1 aliphatic heterocycles. The van der Waals surface area contributed by atoms with Gasteiger partial charge in [-0.05, 0) is 11.1 Å². The molecular weight excluding hydrogens is 336 g/mol. The Hall–Kier alpha value is -2.92. The molecule has 5 nitrogen and oxygen atoms in total. The fraction of sp³-hybridized carbons (Fsp3) is 0.273. The maximum absolute atomic E-state index is 5.46. The summed E-state index contributed by atoms with van der Waals surface area (Å²) in [5, 5.41) is 0. The summed E-state index contributed by atoms with van der Waals surface area (Å²) in [6.07, 6.45) is 1.67. The van der Waals surface area contributed by atoms with E-state index in [0.717, 1.165) is 51.0 Å². The van der Waals surface area contributed by atoms with Crippen molar-refractivity contribution in [1.82, 2.24) is 9.97 Å². The van der Waals surface area contributed by atoms with Crippen LogP contribution in [0.15, 0.2) is 73.1 Å². The largest absolute Gasteiger partial charge is 0.378 e. The summed E-state index contributed by atoms with van der Waals surface area (Å²) in [6, 6.07) is 23.1. The van der Waals surface area contributed by atoms with E-state index in [1.165, 1.54) is 11.1 Å². The van der Waals surface area contributed by atoms with Gasteiger partial charge in [0.05, 0.1) is 13.2 Å². The van der Waals surface area contributed by atoms with E-state index >= 15 is 0 Å². The Balaban J connectivity index is 1.61. The van der Waals surface area contributed by atoms with Crippen LogP contribution in [-0.4, -0.2) is 36.3 Å². The van der Waals surface area contributed by atoms with Gasteiger partial charge in [0.1, 0.15) is 18.0 Å². The fourth-order valence-corrected chi connectivity index (χ4v) is 3.30. The van der Waals surface area contributed by atoms with Crippen LogP contribution in [-0.2, 0) is 17.8 Å². The minimum Gasteiger partial charge on any atom is -0.378 e. The van der Waals surface area contributed by atoms with Crippen molar-refractivity contribution in [2.75, 3.05) is 36.1 Å². The van der Waals surface area contributed by atoms with E-state index in [1.807, 2.05) is 12.1 Å². The van der Waals surface area contributed by atoms with Gasteiger partial charge in [-0.15, -0.1) is 0 Å². The summed E-state index contributed by atoms with van der Waals surface area (Å²) in [5.74, 6) is 1.91. The Labute approximate surface area is 160 Å². The monoisotopic (exact) mass is 360 g/mol. The van der Waals surface area contributed by atoms with E-state index in [0.29, 0.717) is 0 Å². The molecule has 2 heterocycles. The Morgan fingerprint density at radius 1 is 0.815 bits per heavy atom. The minimum absolute atomic E-state index is 0.747. The number of morpholine rings is 1. The molecule has 5 heteroatoms. The molecule has 27 heavy (non-hydrogen) atoms. The summed E-state index contributed by atoms with van der Waals surface area (Å²) < 4.78 is 5.46. The Morgan fingerprint density at radius 2 is 1.41 bits per heavy atom. The third kappa shape index (κ3) is 4.63. The van der Waals surface area contributed by atoms with Crippen molar-refractivity contribution in [3.8, 4) is 0 Å². The smallest absolute Gasteiger partial charge is 0.134 e. The highest BCUT2D eigenvalue weighted by Crippen LogP contribution is 2.22. The van der Waals surface area contributed by atoms with Gasteiger partial charge in [0.25, 0.3) is 0 Å². The van der Waals surface area contributed by atoms with Gasteiger partial charge in [-0.2, -0.15) is 0 Å². The van der Waals surface area contributed by atoms with Crippen molar-refractivity contribution in [3.63, 3.8) is 0 Å². The molecule has 1 saturated heterocycles. The molecule has 0 amide bonds. The summed E-state index contributed by atoms with van der Waals surface area (Å²) in [7, 11) is 0. The molecule has 0 N–H and O–H groups in total. The molecule has 3 aromatic rings. The van der Waals surface area contributed by atoms with Crippen molar-refractivity contribution in [3.05, 3.63) is 84.2 Å². The lowest BCUT2D eigenvalue weighted by molar-refractivity contribution is 0.122. The van der Waals surface area contributed by atoms with Crippen LogP contribution in [0.5, 0.6) is 0 Å². The lowest BCUT2D eigenvalue weighted by Crippen LogP contribution is -2.37. The van der Waals surface area contributed by atoms with E-state index in [1.54, 1.807) is 6.33 Å². The summed E-state index contributed by atoms with van der Waals surface area (Å²) in [5.41, 5.74) is 2.53. The lowest BCUT2D eigenvalue weighted by atomic mass is 10.1. The molecule has 2 aromatic carbocycles. The average Bonchev–Trinajstić information content (AvgIpc) is 2.75. The van der Waals surface area contributed by atoms with Crippen molar-refractivity contribution in [2.45, 2.75) is 13.1 Å². The van der Waals surface area contributed by atoms with Gasteiger partial charge >= 0.3 is 0 Å². The van der Waals surface area contributed by atoms with Crippen molar-refractivity contribution >= 4 is 11.6 Å². The third-order valence-electron chi connectivity index (χ3n) is 4.73. The molecule has 0 radical (unpaired) electrons. The van der Waals surface area contributed by atoms with Crippen LogP contribution in [0.1, 0.15) is 11.1 Å². The van der Waals surface area contributed by atoms with Gasteiger partial charge in [0.15, 0.2) is 0 Å². The van der Waals surface area contributed by atoms with Gasteiger partial charge in [-0.3, -0.25) is 0 Å². The van der Waals surface area contributed by atoms with Crippen molar-refractivity contribution < 1.29 is 4.74 Å². The van der Waals surface area contributed by atoms with Crippen LogP contribution in [0.4, 0.5) is 11.6 Å². The highest BCUT2D eigenvalue weighted by Gasteiger charge is 2.16. The Bertz CT molecular complexity index is 794. The van der Waals surface area contributed by atoms with Crippen LogP contribution in [0.3, 0.4) is 0 Å². The van der Waals surface area contributed by atoms with E-state index in [4.69, 9.17) is 4.74 Å². The van der Waals surface area contributed by atoms with E-state index in [2.05, 4.69) is 74.4 Å². The zero-order valence-corrected chi connectivity index (χ0v) is 15.4. The number of benzene rings is 2. The molecule has 0 bridgehead atoms. The summed E-state index contributed by atoms with van der Waals surface area (Å²) >= 11 is 0. The summed E-state index contributed by atoms with van der Waals surface area (Å²) in [6.45, 7) is 4.83. The van der Waals surface area contributed by atoms with E-state index in [-0.39, 0.29) is 0 Å². The van der Waals surface area contributed by atoms with Gasteiger partial charge in [0, 0.05) is 32.2 Å². The number of ether oxygens (including phenoxy) is 1. The first-order chi connectivity index (χ1) is 13.4. The zero-order valence-electron chi connectivity index (χ0n) is 15.4. The number of hydrogen-bond acceptors (Lipinski definition) is 5. The van der Waals surface area contributed by atoms with Crippen LogP contribution >= 0.6 is 0 Å². The highest BCUT2D eigenvalue weighted by atomic mass is 16.5. The Morgan fingerprint density at radius 3 is 2.00 bits per heavy atom. The first-order valence-corrected chi connectivity index (χ1v) is 9.36. The van der Waals surface area contributed by atoms with Crippen molar-refractivity contribution in [2.24, 2.45) is 0 Å². The third-order valence-corrected chi connectivity index (χ3v) is 4.73. The topological polar surface area (TPSA) is 41.5 Å². The van der Waals surface area contributed by atoms with Crippen LogP contribution in [0.2, 0.25) is 0 Å². The van der Waals surface area contributed by atoms with Crippen LogP contribution in [0.25, 0.3) is 0 Å². The van der Waals surface area contributed by atoms with E-state index in [9.17, 15) is 0 Å². The maximum atomic E-state index is 5.46. The molecule has 0 unspecified atom stereocenters. The highest BCUT2D eigenvalue weighted by molar-refractivity contribution is 5.51. The first-order valence-electron chi connectivity index (χ1n) is 9.36. The first kappa shape index (κ1) is 17.5. The number of anilines is 2. The molecule has 0 saturated carbocycles. The molecule has 1 fully saturated rings. The predicted octanol–water partition coefficient (Wildman–Crippen LogP) is 3.52. The van der Waals surface area contributed by atoms with Gasteiger partial charge in [0.2, 0.25) is 0 Å². The average molecular weight is 360 g/mol. The Kier molecular flexibility index (Phi) is 5.60. The zero-order chi connectivity index (χ0) is 18.3. The van der Waals surface area contributed by atoms with Gasteiger partial charge in [-0.1, -0.05) is 60.7 Å². The fourth-order valence-electron chi connectivity index (χ4n) is 3.30. The quantitative estimate of drug-likeness (QED) is 0.673. The van der Waals surface area contributed by atoms with Crippen LogP contribution in [0, 0.1) is 0 Å². The number of aromatic nitrogens is 2. The predicted molar refractivity (Wildman–Crippen MR) is 108 cm³/mol. The second-order valence-corrected chi connectivity index (χ2v) is 6.66. The minimum atomic E-state index is 0.747. The SMILES string of the molecule is c1ccc(CN(Cc2ccccc2)c2cc(N3CCOCC3)ncn2)cc1. The molecule has 0 spiro atoms. The molecule has 1 aliphatic rings. The molecule has 0 atom stereocenters. The number of nitrogens with zero attached hydrogens (tertiary/aromatic N) is 4. The maximum Gasteiger partial charge on any atom is 0.134 e. The standard InChI is InChI=1S/C22H24N4O/c1-3-7-19(8-4-1)16-26(17-20-9-5-2-6-10-20)22-15-21(23-18-24-22)25-11-13-27-14-12-25/h1-10,15,18H,11-14,16-17H2. The summed E-state index contributed by atoms with van der Waals surface area (Å²) in [4.78, 5) is 13.6. The number of rotatable bonds is 6. The molecule has 138 valence electrons. The molecule has 4 rings (SSSR count). The normalized spacial score (nSPS) is 14.1. The van der Waals surface area contributed by atoms with Gasteiger partial charge < -0.3 is 14.5 Å². The van der Waals surface area contributed by atoms with E-state index < -0.39 is 0 Å². The van der Waals surface area contributed by atoms with Crippen molar-refractivity contribution in [1.29, 1.82) is 0 Å². The second kappa shape index (κ2) is 8.64. The number of hydrogen-bond donors (Lipinski definition) is 0. The molecular formula is C22H24N4O. The second-order valence-electron chi connectivity index (χ2n) is 6.66. The lowest BCUT2D eigenvalue weighted by Gasteiger charge is -2.29. The van der Waals surface area contributed by atoms with Crippen LogP contribution < -0.4 is 9.80 Å². The van der Waals surface area contributed by atoms with Gasteiger partial charge in [-0.25, -0.2) is 9.97 Å². The molecule has 1 aromatic heterocycles. The molecule has 0 aliphatic carbocycles.